The number of aliphatic hydroxyl groups is 1. The van der Waals surface area contributed by atoms with Crippen LogP contribution in [0.4, 0.5) is 0 Å². The zero-order valence-corrected chi connectivity index (χ0v) is 15.0. The Bertz CT molecular complexity index is 781. The fourth-order valence-electron chi connectivity index (χ4n) is 3.29. The molecule has 1 aromatic heterocycles. The molecule has 0 radical (unpaired) electrons. The van der Waals surface area contributed by atoms with Gasteiger partial charge in [-0.2, -0.15) is 0 Å². The molecule has 1 N–H and O–H groups in total. The molecule has 3 nitrogen and oxygen atoms in total. The monoisotopic (exact) mass is 332 g/mol. The Kier molecular flexibility index (Phi) is 5.72. The molecule has 3 rings (SSSR count). The first-order chi connectivity index (χ1) is 12.2. The van der Waals surface area contributed by atoms with Crippen LogP contribution in [0.5, 0.6) is 0 Å². The van der Waals surface area contributed by atoms with Gasteiger partial charge in [-0.25, -0.2) is 0 Å². The van der Waals surface area contributed by atoms with Gasteiger partial charge in [0, 0.05) is 18.3 Å². The largest absolute Gasteiger partial charge is 0.376 e. The van der Waals surface area contributed by atoms with Crippen molar-refractivity contribution in [1.82, 2.24) is 9.55 Å². The second-order valence-electron chi connectivity index (χ2n) is 6.78. The first kappa shape index (κ1) is 17.5. The van der Waals surface area contributed by atoms with Gasteiger partial charge in [0.05, 0.1) is 5.72 Å². The molecule has 1 unspecified atom stereocenters. The molecular weight excluding hydrogens is 307 g/mol. The Morgan fingerprint density at radius 2 is 1.60 bits per heavy atom. The molecule has 0 aliphatic rings. The minimum absolute atomic E-state index is 0.0194. The Morgan fingerprint density at radius 1 is 0.960 bits per heavy atom. The second-order valence-corrected chi connectivity index (χ2v) is 6.78. The van der Waals surface area contributed by atoms with Gasteiger partial charge in [-0.3, -0.25) is 4.98 Å². The fraction of sp³-hybridized carbons (Fsp3) is 0.286. The predicted octanol–water partition coefficient (Wildman–Crippen LogP) is 3.27. The number of imidazole rings is 1. The molecule has 0 fully saturated rings. The average molecular weight is 332 g/mol. The number of nitrogens with zero attached hydrogens (tertiary/aromatic N) is 2. The van der Waals surface area contributed by atoms with Gasteiger partial charge < -0.3 is 9.67 Å². The fourth-order valence-corrected chi connectivity index (χ4v) is 3.29. The Labute approximate surface area is 150 Å². The zero-order chi connectivity index (χ0) is 17.6. The van der Waals surface area contributed by atoms with Crippen molar-refractivity contribution in [3.8, 4) is 0 Å². The Balaban J connectivity index is 1.85. The number of hydrogen-bond acceptors (Lipinski definition) is 2. The molecule has 3 aromatic rings. The SMILES string of the molecule is CC(C)c1ccc(C(CBc2nccn2CO)c2ccccc2)cc1. The average Bonchev–Trinajstić information content (AvgIpc) is 3.11. The minimum Gasteiger partial charge on any atom is -0.376 e. The van der Waals surface area contributed by atoms with Gasteiger partial charge in [0.15, 0.2) is 0 Å². The summed E-state index contributed by atoms with van der Waals surface area (Å²) in [6.07, 6.45) is 4.53. The lowest BCUT2D eigenvalue weighted by atomic mass is 9.65. The van der Waals surface area contributed by atoms with Crippen molar-refractivity contribution in [2.75, 3.05) is 0 Å². The van der Waals surface area contributed by atoms with Gasteiger partial charge in [-0.1, -0.05) is 74.8 Å². The molecule has 1 heterocycles. The molecule has 1 atom stereocenters. The van der Waals surface area contributed by atoms with Crippen LogP contribution < -0.4 is 5.72 Å². The maximum Gasteiger partial charge on any atom is 0.205 e. The van der Waals surface area contributed by atoms with E-state index in [9.17, 15) is 5.11 Å². The maximum atomic E-state index is 9.41. The predicted molar refractivity (Wildman–Crippen MR) is 105 cm³/mol. The second kappa shape index (κ2) is 8.17. The van der Waals surface area contributed by atoms with Gasteiger partial charge in [-0.05, 0) is 22.6 Å². The quantitative estimate of drug-likeness (QED) is 0.675. The third-order valence-corrected chi connectivity index (χ3v) is 4.82. The smallest absolute Gasteiger partial charge is 0.205 e. The van der Waals surface area contributed by atoms with Crippen molar-refractivity contribution < 1.29 is 5.11 Å². The molecule has 128 valence electrons. The molecule has 0 saturated heterocycles. The lowest BCUT2D eigenvalue weighted by Crippen LogP contribution is -2.27. The summed E-state index contributed by atoms with van der Waals surface area (Å²) in [6, 6.07) is 19.6. The van der Waals surface area contributed by atoms with Gasteiger partial charge in [0.25, 0.3) is 0 Å². The van der Waals surface area contributed by atoms with E-state index in [4.69, 9.17) is 0 Å². The summed E-state index contributed by atoms with van der Waals surface area (Å²) in [6.45, 7) is 4.42. The van der Waals surface area contributed by atoms with E-state index < -0.39 is 0 Å². The normalized spacial score (nSPS) is 12.3. The summed E-state index contributed by atoms with van der Waals surface area (Å²) in [5.74, 6) is 0.868. The summed E-state index contributed by atoms with van der Waals surface area (Å²) in [5, 5.41) is 9.41. The Hall–Kier alpha value is -2.33. The van der Waals surface area contributed by atoms with E-state index in [2.05, 4.69) is 73.4 Å². The van der Waals surface area contributed by atoms with Gasteiger partial charge >= 0.3 is 0 Å². The summed E-state index contributed by atoms with van der Waals surface area (Å²) >= 11 is 0. The number of hydrogen-bond donors (Lipinski definition) is 1. The molecule has 2 aromatic carbocycles. The molecule has 0 aliphatic carbocycles. The maximum absolute atomic E-state index is 9.41. The number of aliphatic hydroxyl groups excluding tert-OH is 1. The summed E-state index contributed by atoms with van der Waals surface area (Å²) < 4.78 is 1.80. The van der Waals surface area contributed by atoms with Crippen LogP contribution in [0.25, 0.3) is 0 Å². The van der Waals surface area contributed by atoms with Gasteiger partial charge in [0.2, 0.25) is 7.28 Å². The van der Waals surface area contributed by atoms with Crippen LogP contribution in [0.15, 0.2) is 67.0 Å². The van der Waals surface area contributed by atoms with Crippen LogP contribution >= 0.6 is 0 Å². The summed E-state index contributed by atoms with van der Waals surface area (Å²) in [4.78, 5) is 4.39. The molecular formula is C21H25BN2O. The van der Waals surface area contributed by atoms with Crippen LogP contribution in [0, 0.1) is 0 Å². The third-order valence-electron chi connectivity index (χ3n) is 4.82. The molecule has 0 amide bonds. The van der Waals surface area contributed by atoms with Crippen molar-refractivity contribution in [2.24, 2.45) is 0 Å². The highest BCUT2D eigenvalue weighted by Gasteiger charge is 2.17. The molecule has 0 aliphatic heterocycles. The third kappa shape index (κ3) is 4.20. The van der Waals surface area contributed by atoms with E-state index in [0.29, 0.717) is 11.8 Å². The summed E-state index contributed by atoms with van der Waals surface area (Å²) in [7, 11) is 0.832. The number of aromatic nitrogens is 2. The molecule has 0 spiro atoms. The van der Waals surface area contributed by atoms with Crippen LogP contribution in [0.1, 0.15) is 42.4 Å². The molecule has 0 bridgehead atoms. The molecule has 4 heteroatoms. The van der Waals surface area contributed by atoms with Crippen molar-refractivity contribution in [2.45, 2.75) is 38.7 Å². The van der Waals surface area contributed by atoms with Crippen molar-refractivity contribution in [1.29, 1.82) is 0 Å². The van der Waals surface area contributed by atoms with Crippen LogP contribution in [-0.4, -0.2) is 21.9 Å². The topological polar surface area (TPSA) is 38.0 Å². The highest BCUT2D eigenvalue weighted by atomic mass is 16.3. The van der Waals surface area contributed by atoms with Crippen LogP contribution in [0.2, 0.25) is 6.32 Å². The van der Waals surface area contributed by atoms with Crippen LogP contribution in [-0.2, 0) is 6.73 Å². The summed E-state index contributed by atoms with van der Waals surface area (Å²) in [5.41, 5.74) is 4.95. The zero-order valence-electron chi connectivity index (χ0n) is 15.0. The van der Waals surface area contributed by atoms with Crippen molar-refractivity contribution in [3.63, 3.8) is 0 Å². The van der Waals surface area contributed by atoms with Crippen molar-refractivity contribution in [3.05, 3.63) is 83.7 Å². The van der Waals surface area contributed by atoms with E-state index in [1.165, 1.54) is 16.7 Å². The lowest BCUT2D eigenvalue weighted by Gasteiger charge is -2.19. The number of rotatable bonds is 7. The van der Waals surface area contributed by atoms with E-state index in [0.717, 1.165) is 19.3 Å². The van der Waals surface area contributed by atoms with Crippen molar-refractivity contribution >= 4 is 13.0 Å². The number of benzene rings is 2. The first-order valence-electron chi connectivity index (χ1n) is 8.94. The van der Waals surface area contributed by atoms with E-state index in [-0.39, 0.29) is 6.73 Å². The van der Waals surface area contributed by atoms with Gasteiger partial charge in [0.1, 0.15) is 6.73 Å². The van der Waals surface area contributed by atoms with E-state index in [1.807, 2.05) is 6.20 Å². The van der Waals surface area contributed by atoms with Gasteiger partial charge in [-0.15, -0.1) is 0 Å². The first-order valence-corrected chi connectivity index (χ1v) is 8.94. The standard InChI is InChI=1S/C21H25BN2O/c1-16(2)17-8-10-19(11-9-17)20(18-6-4-3-5-7-18)14-22-21-23-12-13-24(21)15-25/h3-13,16,20,22,25H,14-15H2,1-2H3. The highest BCUT2D eigenvalue weighted by Crippen LogP contribution is 2.29. The lowest BCUT2D eigenvalue weighted by molar-refractivity contribution is 0.213. The van der Waals surface area contributed by atoms with E-state index >= 15 is 0 Å². The molecule has 0 saturated carbocycles. The Morgan fingerprint density at radius 3 is 2.24 bits per heavy atom. The highest BCUT2D eigenvalue weighted by molar-refractivity contribution is 6.51. The van der Waals surface area contributed by atoms with Crippen LogP contribution in [0.3, 0.4) is 0 Å². The minimum atomic E-state index is -0.0194. The molecule has 25 heavy (non-hydrogen) atoms. The van der Waals surface area contributed by atoms with E-state index in [1.54, 1.807) is 10.8 Å².